The predicted octanol–water partition coefficient (Wildman–Crippen LogP) is 4.06. The SMILES string of the molecule is Cc1cccc2c1N1CC=CC1C(C)(C)C2(C)C. The van der Waals surface area contributed by atoms with E-state index in [0.717, 1.165) is 6.54 Å². The number of nitrogens with zero attached hydrogens (tertiary/aromatic N) is 1. The summed E-state index contributed by atoms with van der Waals surface area (Å²) in [7, 11) is 0. The fraction of sp³-hybridized carbons (Fsp3) is 0.529. The minimum absolute atomic E-state index is 0.199. The van der Waals surface area contributed by atoms with Gasteiger partial charge in [-0.05, 0) is 28.9 Å². The van der Waals surface area contributed by atoms with E-state index in [-0.39, 0.29) is 10.8 Å². The summed E-state index contributed by atoms with van der Waals surface area (Å²) in [5.74, 6) is 0. The van der Waals surface area contributed by atoms with Gasteiger partial charge in [0.2, 0.25) is 0 Å². The average molecular weight is 241 g/mol. The van der Waals surface area contributed by atoms with Crippen molar-refractivity contribution in [3.8, 4) is 0 Å². The molecule has 18 heavy (non-hydrogen) atoms. The molecule has 1 nitrogen and oxygen atoms in total. The van der Waals surface area contributed by atoms with Crippen molar-refractivity contribution in [1.82, 2.24) is 0 Å². The van der Waals surface area contributed by atoms with E-state index >= 15 is 0 Å². The summed E-state index contributed by atoms with van der Waals surface area (Å²) in [6.07, 6.45) is 4.72. The van der Waals surface area contributed by atoms with Gasteiger partial charge < -0.3 is 4.90 Å². The van der Waals surface area contributed by atoms with E-state index in [4.69, 9.17) is 0 Å². The summed E-state index contributed by atoms with van der Waals surface area (Å²) < 4.78 is 0. The first-order valence-corrected chi connectivity index (χ1v) is 6.91. The van der Waals surface area contributed by atoms with Crippen LogP contribution in [-0.2, 0) is 5.41 Å². The van der Waals surface area contributed by atoms with Crippen LogP contribution in [0.25, 0.3) is 0 Å². The van der Waals surface area contributed by atoms with Crippen LogP contribution in [0.1, 0.15) is 38.8 Å². The van der Waals surface area contributed by atoms with Gasteiger partial charge in [-0.15, -0.1) is 0 Å². The first-order chi connectivity index (χ1) is 8.37. The Balaban J connectivity index is 2.31. The molecular weight excluding hydrogens is 218 g/mol. The molecule has 0 radical (unpaired) electrons. The molecule has 2 aliphatic heterocycles. The van der Waals surface area contributed by atoms with Crippen LogP contribution in [-0.4, -0.2) is 12.6 Å². The third-order valence-electron chi connectivity index (χ3n) is 5.50. The maximum Gasteiger partial charge on any atom is 0.0536 e. The number of para-hydroxylation sites is 1. The lowest BCUT2D eigenvalue weighted by molar-refractivity contribution is 0.160. The molecule has 1 atom stereocenters. The topological polar surface area (TPSA) is 3.24 Å². The normalized spacial score (nSPS) is 26.9. The molecule has 3 rings (SSSR count). The highest BCUT2D eigenvalue weighted by atomic mass is 15.2. The zero-order valence-electron chi connectivity index (χ0n) is 12.1. The second kappa shape index (κ2) is 3.40. The molecule has 1 heteroatoms. The Morgan fingerprint density at radius 3 is 2.61 bits per heavy atom. The lowest BCUT2D eigenvalue weighted by Crippen LogP contribution is -2.55. The van der Waals surface area contributed by atoms with E-state index in [1.165, 1.54) is 16.8 Å². The van der Waals surface area contributed by atoms with Gasteiger partial charge in [0.1, 0.15) is 0 Å². The number of rotatable bonds is 0. The third-order valence-corrected chi connectivity index (χ3v) is 5.50. The Morgan fingerprint density at radius 2 is 1.89 bits per heavy atom. The van der Waals surface area contributed by atoms with Crippen molar-refractivity contribution >= 4 is 5.69 Å². The number of benzene rings is 1. The Morgan fingerprint density at radius 1 is 1.17 bits per heavy atom. The van der Waals surface area contributed by atoms with Gasteiger partial charge in [0.15, 0.2) is 0 Å². The smallest absolute Gasteiger partial charge is 0.0536 e. The molecule has 0 amide bonds. The van der Waals surface area contributed by atoms with Crippen LogP contribution in [0.15, 0.2) is 30.4 Å². The van der Waals surface area contributed by atoms with E-state index in [9.17, 15) is 0 Å². The molecule has 0 fully saturated rings. The van der Waals surface area contributed by atoms with Crippen molar-refractivity contribution in [3.05, 3.63) is 41.5 Å². The molecule has 2 heterocycles. The van der Waals surface area contributed by atoms with Gasteiger partial charge in [-0.3, -0.25) is 0 Å². The molecule has 0 aliphatic carbocycles. The molecule has 0 bridgehead atoms. The molecule has 1 aromatic carbocycles. The predicted molar refractivity (Wildman–Crippen MR) is 78.3 cm³/mol. The molecular formula is C17H23N. The molecule has 0 saturated carbocycles. The van der Waals surface area contributed by atoms with Gasteiger partial charge in [-0.25, -0.2) is 0 Å². The Labute approximate surface area is 111 Å². The number of hydrogen-bond donors (Lipinski definition) is 0. The second-order valence-corrected chi connectivity index (χ2v) is 6.84. The third kappa shape index (κ3) is 1.23. The number of hydrogen-bond acceptors (Lipinski definition) is 1. The minimum atomic E-state index is 0.199. The van der Waals surface area contributed by atoms with Gasteiger partial charge in [0.25, 0.3) is 0 Å². The number of aryl methyl sites for hydroxylation is 1. The summed E-state index contributed by atoms with van der Waals surface area (Å²) >= 11 is 0. The standard InChI is InChI=1S/C17H23N/c1-12-8-6-9-13-15(12)18-11-7-10-14(18)17(4,5)16(13,2)3/h6-10,14H,11H2,1-5H3. The van der Waals surface area contributed by atoms with Crippen molar-refractivity contribution < 1.29 is 0 Å². The largest absolute Gasteiger partial charge is 0.360 e. The highest BCUT2D eigenvalue weighted by Gasteiger charge is 2.51. The highest BCUT2D eigenvalue weighted by Crippen LogP contribution is 2.55. The molecule has 0 saturated heterocycles. The Bertz CT molecular complexity index is 522. The summed E-state index contributed by atoms with van der Waals surface area (Å²) in [6.45, 7) is 12.9. The summed E-state index contributed by atoms with van der Waals surface area (Å²) in [6, 6.07) is 7.29. The Kier molecular flexibility index (Phi) is 2.24. The van der Waals surface area contributed by atoms with E-state index in [1.54, 1.807) is 0 Å². The van der Waals surface area contributed by atoms with Gasteiger partial charge in [0, 0.05) is 12.2 Å². The van der Waals surface area contributed by atoms with Gasteiger partial charge >= 0.3 is 0 Å². The van der Waals surface area contributed by atoms with Crippen LogP contribution in [0.5, 0.6) is 0 Å². The molecule has 96 valence electrons. The molecule has 0 spiro atoms. The van der Waals surface area contributed by atoms with Crippen LogP contribution in [0.2, 0.25) is 0 Å². The lowest BCUT2D eigenvalue weighted by atomic mass is 9.57. The fourth-order valence-corrected chi connectivity index (χ4v) is 3.64. The van der Waals surface area contributed by atoms with E-state index < -0.39 is 0 Å². The van der Waals surface area contributed by atoms with Gasteiger partial charge in [-0.1, -0.05) is 58.0 Å². The molecule has 0 aromatic heterocycles. The van der Waals surface area contributed by atoms with Crippen LogP contribution >= 0.6 is 0 Å². The monoisotopic (exact) mass is 241 g/mol. The highest BCUT2D eigenvalue weighted by molar-refractivity contribution is 5.67. The van der Waals surface area contributed by atoms with E-state index in [0.29, 0.717) is 6.04 Å². The fourth-order valence-electron chi connectivity index (χ4n) is 3.64. The molecule has 0 N–H and O–H groups in total. The number of anilines is 1. The van der Waals surface area contributed by atoms with Gasteiger partial charge in [-0.2, -0.15) is 0 Å². The maximum absolute atomic E-state index is 2.58. The van der Waals surface area contributed by atoms with Crippen LogP contribution in [0, 0.1) is 12.3 Å². The zero-order chi connectivity index (χ0) is 13.1. The van der Waals surface area contributed by atoms with E-state index in [2.05, 4.69) is 69.9 Å². The minimum Gasteiger partial charge on any atom is -0.360 e. The Hall–Kier alpha value is -1.24. The van der Waals surface area contributed by atoms with Crippen LogP contribution in [0.3, 0.4) is 0 Å². The van der Waals surface area contributed by atoms with Crippen LogP contribution < -0.4 is 4.90 Å². The second-order valence-electron chi connectivity index (χ2n) is 6.84. The zero-order valence-corrected chi connectivity index (χ0v) is 12.1. The summed E-state index contributed by atoms with van der Waals surface area (Å²) in [5.41, 5.74) is 4.83. The van der Waals surface area contributed by atoms with Crippen molar-refractivity contribution in [2.45, 2.75) is 46.1 Å². The van der Waals surface area contributed by atoms with E-state index in [1.807, 2.05) is 0 Å². The van der Waals surface area contributed by atoms with Crippen molar-refractivity contribution in [2.75, 3.05) is 11.4 Å². The van der Waals surface area contributed by atoms with Crippen molar-refractivity contribution in [3.63, 3.8) is 0 Å². The van der Waals surface area contributed by atoms with Crippen molar-refractivity contribution in [2.24, 2.45) is 5.41 Å². The van der Waals surface area contributed by atoms with Gasteiger partial charge in [0.05, 0.1) is 6.04 Å². The number of fused-ring (bicyclic) bond motifs is 3. The lowest BCUT2D eigenvalue weighted by Gasteiger charge is -2.55. The summed E-state index contributed by atoms with van der Waals surface area (Å²) in [5, 5.41) is 0. The average Bonchev–Trinajstić information content (AvgIpc) is 2.76. The molecule has 2 aliphatic rings. The van der Waals surface area contributed by atoms with Crippen molar-refractivity contribution in [1.29, 1.82) is 0 Å². The quantitative estimate of drug-likeness (QED) is 0.619. The first kappa shape index (κ1) is 11.8. The first-order valence-electron chi connectivity index (χ1n) is 6.91. The molecule has 1 unspecified atom stereocenters. The summed E-state index contributed by atoms with van der Waals surface area (Å²) in [4.78, 5) is 2.58. The maximum atomic E-state index is 2.58. The van der Waals surface area contributed by atoms with Crippen LogP contribution in [0.4, 0.5) is 5.69 Å². The molecule has 1 aromatic rings.